The number of thioether (sulfide) groups is 1. The van der Waals surface area contributed by atoms with Crippen LogP contribution in [0.15, 0.2) is 35.2 Å². The van der Waals surface area contributed by atoms with Crippen LogP contribution in [0.1, 0.15) is 10.4 Å². The number of methoxy groups -OCH3 is 3. The number of anilines is 1. The second-order valence-electron chi connectivity index (χ2n) is 5.19. The average Bonchev–Trinajstić information content (AvgIpc) is 3.08. The maximum Gasteiger partial charge on any atom is 0.257 e. The van der Waals surface area contributed by atoms with Crippen molar-refractivity contribution in [3.8, 4) is 17.2 Å². The predicted molar refractivity (Wildman–Crippen MR) is 105 cm³/mol. The van der Waals surface area contributed by atoms with Crippen LogP contribution >= 0.6 is 23.1 Å². The molecule has 0 aliphatic heterocycles. The number of benzene rings is 2. The predicted octanol–water partition coefficient (Wildman–Crippen LogP) is 4.30. The summed E-state index contributed by atoms with van der Waals surface area (Å²) >= 11 is 3.06. The molecule has 3 rings (SSSR count). The Morgan fingerprint density at radius 3 is 2.38 bits per heavy atom. The van der Waals surface area contributed by atoms with Gasteiger partial charge in [0.15, 0.2) is 16.6 Å². The molecular weight excluding hydrogens is 372 g/mol. The van der Waals surface area contributed by atoms with Crippen LogP contribution in [0.4, 0.5) is 5.13 Å². The molecule has 1 N–H and O–H groups in total. The first-order chi connectivity index (χ1) is 12.6. The van der Waals surface area contributed by atoms with E-state index in [9.17, 15) is 4.79 Å². The maximum absolute atomic E-state index is 12.7. The number of rotatable bonds is 6. The van der Waals surface area contributed by atoms with E-state index in [0.29, 0.717) is 27.9 Å². The standard InChI is InChI=1S/C18H18N2O4S2/c1-22-11-8-10(9-12(23-2)16(11)24-3)17(21)20-18-19-15-13(25-4)6-5-7-14(15)26-18/h5-9H,1-4H3,(H,19,20,21). The minimum absolute atomic E-state index is 0.297. The number of carbonyl (C=O) groups excluding carboxylic acids is 1. The fourth-order valence-electron chi connectivity index (χ4n) is 2.52. The number of fused-ring (bicyclic) bond motifs is 1. The van der Waals surface area contributed by atoms with Gasteiger partial charge in [-0.1, -0.05) is 17.4 Å². The van der Waals surface area contributed by atoms with E-state index in [0.717, 1.165) is 15.1 Å². The van der Waals surface area contributed by atoms with Crippen molar-refractivity contribution in [1.29, 1.82) is 0 Å². The lowest BCUT2D eigenvalue weighted by Gasteiger charge is -2.13. The van der Waals surface area contributed by atoms with Crippen LogP contribution in [0.25, 0.3) is 10.2 Å². The lowest BCUT2D eigenvalue weighted by molar-refractivity contribution is 0.102. The molecule has 26 heavy (non-hydrogen) atoms. The minimum atomic E-state index is -0.297. The molecule has 6 nitrogen and oxygen atoms in total. The molecule has 0 fully saturated rings. The molecule has 0 radical (unpaired) electrons. The van der Waals surface area contributed by atoms with Gasteiger partial charge in [0.2, 0.25) is 5.75 Å². The molecule has 0 aliphatic rings. The molecule has 2 aromatic carbocycles. The Morgan fingerprint density at radius 1 is 1.12 bits per heavy atom. The molecule has 0 spiro atoms. The third kappa shape index (κ3) is 3.42. The summed E-state index contributed by atoms with van der Waals surface area (Å²) in [5.74, 6) is 0.988. The number of thiazole rings is 1. The van der Waals surface area contributed by atoms with Gasteiger partial charge in [-0.05, 0) is 30.5 Å². The normalized spacial score (nSPS) is 10.6. The van der Waals surface area contributed by atoms with Crippen molar-refractivity contribution in [2.75, 3.05) is 32.9 Å². The highest BCUT2D eigenvalue weighted by atomic mass is 32.2. The van der Waals surface area contributed by atoms with Crippen molar-refractivity contribution < 1.29 is 19.0 Å². The summed E-state index contributed by atoms with van der Waals surface area (Å²) < 4.78 is 16.9. The zero-order chi connectivity index (χ0) is 18.7. The van der Waals surface area contributed by atoms with E-state index in [1.54, 1.807) is 23.9 Å². The second-order valence-corrected chi connectivity index (χ2v) is 7.07. The van der Waals surface area contributed by atoms with E-state index in [1.807, 2.05) is 24.5 Å². The first kappa shape index (κ1) is 18.3. The summed E-state index contributed by atoms with van der Waals surface area (Å²) in [7, 11) is 4.54. The highest BCUT2D eigenvalue weighted by Crippen LogP contribution is 2.38. The third-order valence-corrected chi connectivity index (χ3v) is 5.45. The Morgan fingerprint density at radius 2 is 1.81 bits per heavy atom. The Kier molecular flexibility index (Phi) is 5.53. The van der Waals surface area contributed by atoms with Gasteiger partial charge in [-0.3, -0.25) is 10.1 Å². The van der Waals surface area contributed by atoms with E-state index in [1.165, 1.54) is 32.7 Å². The number of para-hydroxylation sites is 1. The molecule has 1 amide bonds. The Labute approximate surface area is 159 Å². The summed E-state index contributed by atoms with van der Waals surface area (Å²) in [6.45, 7) is 0. The van der Waals surface area contributed by atoms with Gasteiger partial charge in [0.1, 0.15) is 0 Å². The van der Waals surface area contributed by atoms with Crippen LogP contribution in [-0.2, 0) is 0 Å². The van der Waals surface area contributed by atoms with E-state index in [-0.39, 0.29) is 5.91 Å². The number of amides is 1. The van der Waals surface area contributed by atoms with Crippen LogP contribution in [0.2, 0.25) is 0 Å². The molecule has 0 unspecified atom stereocenters. The van der Waals surface area contributed by atoms with Gasteiger partial charge < -0.3 is 14.2 Å². The number of ether oxygens (including phenoxy) is 3. The van der Waals surface area contributed by atoms with Crippen LogP contribution in [-0.4, -0.2) is 38.5 Å². The first-order valence-corrected chi connectivity index (χ1v) is 9.70. The maximum atomic E-state index is 12.7. The van der Waals surface area contributed by atoms with E-state index < -0.39 is 0 Å². The highest BCUT2D eigenvalue weighted by Gasteiger charge is 2.18. The summed E-state index contributed by atoms with van der Waals surface area (Å²) in [4.78, 5) is 18.3. The van der Waals surface area contributed by atoms with Crippen LogP contribution in [0.5, 0.6) is 17.2 Å². The molecule has 0 saturated heterocycles. The Balaban J connectivity index is 1.93. The van der Waals surface area contributed by atoms with Crippen LogP contribution in [0.3, 0.4) is 0 Å². The first-order valence-electron chi connectivity index (χ1n) is 7.66. The lowest BCUT2D eigenvalue weighted by Crippen LogP contribution is -2.12. The SMILES string of the molecule is COc1cc(C(=O)Nc2nc3c(SC)cccc3s2)cc(OC)c1OC. The summed E-state index contributed by atoms with van der Waals surface area (Å²) in [5, 5.41) is 3.39. The van der Waals surface area contributed by atoms with Gasteiger partial charge in [-0.15, -0.1) is 11.8 Å². The molecule has 136 valence electrons. The van der Waals surface area contributed by atoms with Gasteiger partial charge in [0.25, 0.3) is 5.91 Å². The number of hydrogen-bond acceptors (Lipinski definition) is 7. The summed E-state index contributed by atoms with van der Waals surface area (Å²) in [5.41, 5.74) is 1.29. The van der Waals surface area contributed by atoms with Gasteiger partial charge >= 0.3 is 0 Å². The zero-order valence-electron chi connectivity index (χ0n) is 14.8. The summed E-state index contributed by atoms with van der Waals surface area (Å²) in [6.07, 6.45) is 2.00. The fraction of sp³-hybridized carbons (Fsp3) is 0.222. The molecular formula is C18H18N2O4S2. The van der Waals surface area contributed by atoms with E-state index >= 15 is 0 Å². The monoisotopic (exact) mass is 390 g/mol. The topological polar surface area (TPSA) is 69.7 Å². The molecule has 0 bridgehead atoms. The Hall–Kier alpha value is -2.45. The van der Waals surface area contributed by atoms with Crippen molar-refractivity contribution in [3.63, 3.8) is 0 Å². The van der Waals surface area contributed by atoms with Crippen molar-refractivity contribution >= 4 is 44.4 Å². The number of nitrogens with zero attached hydrogens (tertiary/aromatic N) is 1. The van der Waals surface area contributed by atoms with Crippen LogP contribution < -0.4 is 19.5 Å². The largest absolute Gasteiger partial charge is 0.493 e. The smallest absolute Gasteiger partial charge is 0.257 e. The Bertz CT molecular complexity index is 931. The number of carbonyl (C=O) groups is 1. The molecule has 1 heterocycles. The van der Waals surface area contributed by atoms with Crippen molar-refractivity contribution in [2.45, 2.75) is 4.90 Å². The molecule has 0 atom stereocenters. The highest BCUT2D eigenvalue weighted by molar-refractivity contribution is 7.98. The number of hydrogen-bond donors (Lipinski definition) is 1. The van der Waals surface area contributed by atoms with Gasteiger partial charge in [-0.2, -0.15) is 0 Å². The molecule has 8 heteroatoms. The molecule has 0 saturated carbocycles. The molecule has 3 aromatic rings. The van der Waals surface area contributed by atoms with Crippen molar-refractivity contribution in [2.24, 2.45) is 0 Å². The lowest BCUT2D eigenvalue weighted by atomic mass is 10.1. The average molecular weight is 390 g/mol. The van der Waals surface area contributed by atoms with Gasteiger partial charge in [0.05, 0.1) is 31.5 Å². The number of aromatic nitrogens is 1. The zero-order valence-corrected chi connectivity index (χ0v) is 16.4. The molecule has 0 aliphatic carbocycles. The van der Waals surface area contributed by atoms with E-state index in [4.69, 9.17) is 14.2 Å². The third-order valence-electron chi connectivity index (χ3n) is 3.75. The quantitative estimate of drug-likeness (QED) is 0.633. The van der Waals surface area contributed by atoms with Crippen molar-refractivity contribution in [3.05, 3.63) is 35.9 Å². The van der Waals surface area contributed by atoms with E-state index in [2.05, 4.69) is 10.3 Å². The second kappa shape index (κ2) is 7.84. The van der Waals surface area contributed by atoms with Crippen LogP contribution in [0, 0.1) is 0 Å². The number of nitrogens with one attached hydrogen (secondary N) is 1. The fourth-order valence-corrected chi connectivity index (χ4v) is 4.04. The van der Waals surface area contributed by atoms with Gasteiger partial charge in [0, 0.05) is 10.5 Å². The minimum Gasteiger partial charge on any atom is -0.493 e. The van der Waals surface area contributed by atoms with Gasteiger partial charge in [-0.25, -0.2) is 4.98 Å². The van der Waals surface area contributed by atoms with Crippen molar-refractivity contribution in [1.82, 2.24) is 4.98 Å². The summed E-state index contributed by atoms with van der Waals surface area (Å²) in [6, 6.07) is 9.20. The molecule has 1 aromatic heterocycles.